The zero-order valence-corrected chi connectivity index (χ0v) is 9.56. The van der Waals surface area contributed by atoms with Gasteiger partial charge >= 0.3 is 11.7 Å². The fourth-order valence-electron chi connectivity index (χ4n) is 1.11. The number of aromatic amines is 1. The number of aromatic nitrogens is 4. The summed E-state index contributed by atoms with van der Waals surface area (Å²) >= 11 is 1.11. The molecular formula is C9H8N4O3S. The van der Waals surface area contributed by atoms with Crippen LogP contribution in [-0.2, 0) is 7.05 Å². The fraction of sp³-hybridized carbons (Fsp3) is 0.111. The predicted octanol–water partition coefficient (Wildman–Crippen LogP) is 0.353. The van der Waals surface area contributed by atoms with Gasteiger partial charge in [-0.05, 0) is 23.9 Å². The van der Waals surface area contributed by atoms with E-state index in [0.29, 0.717) is 10.2 Å². The van der Waals surface area contributed by atoms with Crippen LogP contribution in [0.1, 0.15) is 10.5 Å². The first kappa shape index (κ1) is 11.4. The zero-order valence-electron chi connectivity index (χ0n) is 8.75. The normalized spacial score (nSPS) is 10.4. The number of H-pyrrole nitrogens is 1. The van der Waals surface area contributed by atoms with Gasteiger partial charge in [-0.2, -0.15) is 0 Å². The van der Waals surface area contributed by atoms with Crippen molar-refractivity contribution in [2.45, 2.75) is 10.2 Å². The maximum atomic E-state index is 11.1. The third-order valence-electron chi connectivity index (χ3n) is 1.98. The van der Waals surface area contributed by atoms with Gasteiger partial charge in [0, 0.05) is 7.05 Å². The summed E-state index contributed by atoms with van der Waals surface area (Å²) in [7, 11) is 1.56. The summed E-state index contributed by atoms with van der Waals surface area (Å²) in [5.74, 6) is -1.09. The Kier molecular flexibility index (Phi) is 2.96. The van der Waals surface area contributed by atoms with Crippen molar-refractivity contribution in [3.8, 4) is 0 Å². The first-order valence-electron chi connectivity index (χ1n) is 4.57. The molecule has 0 aliphatic rings. The number of carboxylic acids is 1. The minimum Gasteiger partial charge on any atom is -0.477 e. The first-order chi connectivity index (χ1) is 8.08. The number of hydrogen-bond donors (Lipinski definition) is 2. The van der Waals surface area contributed by atoms with E-state index >= 15 is 0 Å². The van der Waals surface area contributed by atoms with E-state index in [2.05, 4.69) is 15.2 Å². The van der Waals surface area contributed by atoms with Crippen molar-refractivity contribution in [2.75, 3.05) is 0 Å². The molecule has 0 spiro atoms. The van der Waals surface area contributed by atoms with E-state index in [0.717, 1.165) is 11.8 Å². The summed E-state index contributed by atoms with van der Waals surface area (Å²) in [5, 5.41) is 15.7. The van der Waals surface area contributed by atoms with Crippen LogP contribution in [0, 0.1) is 0 Å². The molecule has 0 aromatic carbocycles. The Labute approximate surface area is 99.5 Å². The lowest BCUT2D eigenvalue weighted by molar-refractivity contribution is 0.0689. The lowest BCUT2D eigenvalue weighted by atomic mass is 10.4. The molecule has 0 fully saturated rings. The number of carboxylic acid groups (broad SMARTS) is 1. The molecule has 2 aromatic heterocycles. The van der Waals surface area contributed by atoms with E-state index < -0.39 is 5.97 Å². The highest BCUT2D eigenvalue weighted by Crippen LogP contribution is 2.22. The van der Waals surface area contributed by atoms with Crippen LogP contribution in [0.3, 0.4) is 0 Å². The molecule has 0 saturated heterocycles. The lowest BCUT2D eigenvalue weighted by Gasteiger charge is -2.00. The highest BCUT2D eigenvalue weighted by Gasteiger charge is 2.10. The Morgan fingerprint density at radius 3 is 2.88 bits per heavy atom. The highest BCUT2D eigenvalue weighted by molar-refractivity contribution is 7.99. The molecule has 2 N–H and O–H groups in total. The van der Waals surface area contributed by atoms with Crippen LogP contribution >= 0.6 is 11.8 Å². The fourth-order valence-corrected chi connectivity index (χ4v) is 1.90. The van der Waals surface area contributed by atoms with Gasteiger partial charge < -0.3 is 5.11 Å². The summed E-state index contributed by atoms with van der Waals surface area (Å²) in [6.07, 6.45) is 0. The average Bonchev–Trinajstić information content (AvgIpc) is 2.61. The summed E-state index contributed by atoms with van der Waals surface area (Å²) in [6, 6.07) is 4.63. The van der Waals surface area contributed by atoms with Crippen LogP contribution in [-0.4, -0.2) is 30.8 Å². The minimum atomic E-state index is -1.09. The molecule has 88 valence electrons. The molecule has 0 unspecified atom stereocenters. The molecule has 0 aliphatic heterocycles. The Balaban J connectivity index is 2.30. The van der Waals surface area contributed by atoms with Crippen molar-refractivity contribution in [3.63, 3.8) is 0 Å². The second-order valence-electron chi connectivity index (χ2n) is 3.14. The molecule has 0 amide bonds. The van der Waals surface area contributed by atoms with Gasteiger partial charge in [0.15, 0.2) is 5.16 Å². The molecule has 0 saturated carbocycles. The van der Waals surface area contributed by atoms with E-state index in [1.165, 1.54) is 10.6 Å². The molecule has 17 heavy (non-hydrogen) atoms. The molecule has 0 atom stereocenters. The topological polar surface area (TPSA) is 101 Å². The number of rotatable bonds is 3. The lowest BCUT2D eigenvalue weighted by Crippen LogP contribution is -2.12. The summed E-state index contributed by atoms with van der Waals surface area (Å²) in [5.41, 5.74) is -0.377. The molecule has 2 aromatic rings. The van der Waals surface area contributed by atoms with Gasteiger partial charge in [0.05, 0.1) is 0 Å². The van der Waals surface area contributed by atoms with Crippen LogP contribution < -0.4 is 5.69 Å². The maximum absolute atomic E-state index is 11.1. The monoisotopic (exact) mass is 252 g/mol. The molecule has 2 heterocycles. The third-order valence-corrected chi connectivity index (χ3v) is 2.96. The Hall–Kier alpha value is -2.09. The average molecular weight is 252 g/mol. The Morgan fingerprint density at radius 2 is 2.29 bits per heavy atom. The number of nitrogens with zero attached hydrogens (tertiary/aromatic N) is 3. The SMILES string of the molecule is Cn1c(Sc2cccc(C(=O)O)n2)n[nH]c1=O. The molecular weight excluding hydrogens is 244 g/mol. The summed E-state index contributed by atoms with van der Waals surface area (Å²) in [4.78, 5) is 25.8. The molecule has 0 bridgehead atoms. The maximum Gasteiger partial charge on any atom is 0.354 e. The molecule has 0 aliphatic carbocycles. The third kappa shape index (κ3) is 2.36. The highest BCUT2D eigenvalue weighted by atomic mass is 32.2. The summed E-state index contributed by atoms with van der Waals surface area (Å²) in [6.45, 7) is 0. The second-order valence-corrected chi connectivity index (χ2v) is 4.13. The van der Waals surface area contributed by atoms with E-state index in [1.807, 2.05) is 0 Å². The van der Waals surface area contributed by atoms with Crippen molar-refractivity contribution in [1.29, 1.82) is 0 Å². The van der Waals surface area contributed by atoms with Crippen molar-refractivity contribution in [2.24, 2.45) is 7.05 Å². The molecule has 7 nitrogen and oxygen atoms in total. The van der Waals surface area contributed by atoms with Gasteiger partial charge in [-0.3, -0.25) is 4.57 Å². The standard InChI is InChI=1S/C9H8N4O3S/c1-13-8(16)11-12-9(13)17-6-4-2-3-5(10-6)7(14)15/h2-4H,1H3,(H,11,16)(H,14,15). The van der Waals surface area contributed by atoms with Crippen LogP contribution in [0.25, 0.3) is 0 Å². The number of hydrogen-bond acceptors (Lipinski definition) is 5. The molecule has 2 rings (SSSR count). The Bertz CT molecular complexity index is 619. The zero-order chi connectivity index (χ0) is 12.4. The molecule has 0 radical (unpaired) electrons. The van der Waals surface area contributed by atoms with E-state index in [4.69, 9.17) is 5.11 Å². The van der Waals surface area contributed by atoms with Crippen LogP contribution in [0.5, 0.6) is 0 Å². The van der Waals surface area contributed by atoms with Crippen molar-refractivity contribution < 1.29 is 9.90 Å². The van der Waals surface area contributed by atoms with Crippen LogP contribution in [0.15, 0.2) is 33.2 Å². The predicted molar refractivity (Wildman–Crippen MR) is 59.1 cm³/mol. The minimum absolute atomic E-state index is 0.0458. The van der Waals surface area contributed by atoms with Crippen molar-refractivity contribution in [1.82, 2.24) is 19.7 Å². The van der Waals surface area contributed by atoms with Crippen LogP contribution in [0.4, 0.5) is 0 Å². The second kappa shape index (κ2) is 4.42. The van der Waals surface area contributed by atoms with Crippen LogP contribution in [0.2, 0.25) is 0 Å². The number of carbonyl (C=O) groups is 1. The summed E-state index contributed by atoms with van der Waals surface area (Å²) < 4.78 is 1.32. The number of nitrogens with one attached hydrogen (secondary N) is 1. The van der Waals surface area contributed by atoms with E-state index in [1.54, 1.807) is 19.2 Å². The first-order valence-corrected chi connectivity index (χ1v) is 5.39. The van der Waals surface area contributed by atoms with Crippen molar-refractivity contribution >= 4 is 17.7 Å². The number of aromatic carboxylic acids is 1. The van der Waals surface area contributed by atoms with Gasteiger partial charge in [-0.15, -0.1) is 5.10 Å². The quantitative estimate of drug-likeness (QED) is 0.817. The largest absolute Gasteiger partial charge is 0.477 e. The molecule has 8 heteroatoms. The smallest absolute Gasteiger partial charge is 0.354 e. The van der Waals surface area contributed by atoms with Gasteiger partial charge in [-0.25, -0.2) is 19.7 Å². The van der Waals surface area contributed by atoms with Gasteiger partial charge in [0.2, 0.25) is 0 Å². The Morgan fingerprint density at radius 1 is 1.53 bits per heavy atom. The van der Waals surface area contributed by atoms with Gasteiger partial charge in [-0.1, -0.05) is 6.07 Å². The van der Waals surface area contributed by atoms with Gasteiger partial charge in [0.25, 0.3) is 0 Å². The number of pyridine rings is 1. The van der Waals surface area contributed by atoms with Crippen molar-refractivity contribution in [3.05, 3.63) is 34.4 Å². The van der Waals surface area contributed by atoms with E-state index in [9.17, 15) is 9.59 Å². The van der Waals surface area contributed by atoms with Gasteiger partial charge in [0.1, 0.15) is 10.7 Å². The van der Waals surface area contributed by atoms with E-state index in [-0.39, 0.29) is 11.4 Å².